The van der Waals surface area contributed by atoms with Crippen LogP contribution < -0.4 is 11.1 Å². The Morgan fingerprint density at radius 1 is 1.50 bits per heavy atom. The molecule has 110 valence electrons. The zero-order chi connectivity index (χ0) is 14.8. The summed E-state index contributed by atoms with van der Waals surface area (Å²) in [5.74, 6) is 0.469. The van der Waals surface area contributed by atoms with Gasteiger partial charge in [0, 0.05) is 12.7 Å². The first-order valence-corrected chi connectivity index (χ1v) is 7.00. The monoisotopic (exact) mass is 300 g/mol. The molecule has 0 atom stereocenters. The van der Waals surface area contributed by atoms with Gasteiger partial charge >= 0.3 is 6.09 Å². The van der Waals surface area contributed by atoms with Gasteiger partial charge in [0.2, 0.25) is 0 Å². The first kappa shape index (κ1) is 16.2. The Balaban J connectivity index is 2.30. The molecule has 1 heterocycles. The zero-order valence-electron chi connectivity index (χ0n) is 11.0. The molecule has 8 nitrogen and oxygen atoms in total. The second kappa shape index (κ2) is 9.10. The van der Waals surface area contributed by atoms with Gasteiger partial charge < -0.3 is 20.5 Å². The summed E-state index contributed by atoms with van der Waals surface area (Å²) >= 11 is 1.39. The molecule has 0 bridgehead atoms. The number of nitrogens with zero attached hydrogens (tertiary/aromatic N) is 2. The minimum Gasteiger partial charge on any atom is -0.447 e. The van der Waals surface area contributed by atoms with E-state index in [0.29, 0.717) is 36.0 Å². The Kier molecular flexibility index (Phi) is 7.36. The van der Waals surface area contributed by atoms with Crippen LogP contribution in [0, 0.1) is 0 Å². The molecule has 0 aliphatic carbocycles. The van der Waals surface area contributed by atoms with E-state index in [9.17, 15) is 9.59 Å². The number of aromatic nitrogens is 2. The highest BCUT2D eigenvalue weighted by atomic mass is 32.2. The number of hydrogen-bond acceptors (Lipinski definition) is 8. The predicted molar refractivity (Wildman–Crippen MR) is 74.0 cm³/mol. The van der Waals surface area contributed by atoms with Crippen LogP contribution >= 0.6 is 11.8 Å². The van der Waals surface area contributed by atoms with Gasteiger partial charge in [-0.15, -0.1) is 0 Å². The second-order valence-electron chi connectivity index (χ2n) is 3.49. The molecule has 0 saturated carbocycles. The maximum absolute atomic E-state index is 10.8. The molecule has 1 rings (SSSR count). The van der Waals surface area contributed by atoms with E-state index in [4.69, 9.17) is 10.5 Å². The van der Waals surface area contributed by atoms with Gasteiger partial charge in [0.1, 0.15) is 12.4 Å². The third kappa shape index (κ3) is 5.85. The van der Waals surface area contributed by atoms with E-state index >= 15 is 0 Å². The van der Waals surface area contributed by atoms with Crippen molar-refractivity contribution < 1.29 is 19.1 Å². The van der Waals surface area contributed by atoms with E-state index in [1.165, 1.54) is 18.0 Å². The summed E-state index contributed by atoms with van der Waals surface area (Å²) in [6.07, 6.45) is 3.18. The van der Waals surface area contributed by atoms with Gasteiger partial charge in [0.05, 0.1) is 18.8 Å². The quantitative estimate of drug-likeness (QED) is 0.294. The fourth-order valence-electron chi connectivity index (χ4n) is 1.25. The van der Waals surface area contributed by atoms with Gasteiger partial charge in [-0.1, -0.05) is 11.8 Å². The maximum atomic E-state index is 10.8. The Bertz CT molecular complexity index is 458. The van der Waals surface area contributed by atoms with Crippen LogP contribution in [0.1, 0.15) is 10.4 Å². The summed E-state index contributed by atoms with van der Waals surface area (Å²) in [6.45, 7) is 1.20. The number of carbonyl (C=O) groups is 2. The molecule has 0 spiro atoms. The molecular weight excluding hydrogens is 284 g/mol. The molecule has 20 heavy (non-hydrogen) atoms. The molecule has 0 aromatic carbocycles. The van der Waals surface area contributed by atoms with Crippen molar-refractivity contribution in [3.8, 4) is 0 Å². The van der Waals surface area contributed by atoms with Crippen molar-refractivity contribution in [1.82, 2.24) is 9.97 Å². The van der Waals surface area contributed by atoms with E-state index in [1.54, 1.807) is 0 Å². The number of nitrogens with one attached hydrogen (secondary N) is 1. The van der Waals surface area contributed by atoms with Crippen LogP contribution in [-0.4, -0.2) is 55.0 Å². The molecule has 9 heteroatoms. The van der Waals surface area contributed by atoms with Crippen molar-refractivity contribution >= 4 is 30.0 Å². The summed E-state index contributed by atoms with van der Waals surface area (Å²) in [6, 6.07) is 0. The summed E-state index contributed by atoms with van der Waals surface area (Å²) < 4.78 is 9.70. The molecule has 0 fully saturated rings. The van der Waals surface area contributed by atoms with E-state index in [-0.39, 0.29) is 13.2 Å². The molecule has 1 amide bonds. The second-order valence-corrected chi connectivity index (χ2v) is 4.26. The highest BCUT2D eigenvalue weighted by molar-refractivity contribution is 7.98. The number of nitrogens with two attached hydrogens (primary N) is 1. The lowest BCUT2D eigenvalue weighted by atomic mass is 10.3. The average Bonchev–Trinajstić information content (AvgIpc) is 2.45. The van der Waals surface area contributed by atoms with Crippen LogP contribution in [0.2, 0.25) is 0 Å². The number of amides is 1. The SMILES string of the molecule is CSc1ncc(C=O)c(NCCOCCOC(N)=O)n1. The number of ether oxygens (including phenoxy) is 2. The predicted octanol–water partition coefficient (Wildman–Crippen LogP) is 0.535. The van der Waals surface area contributed by atoms with Crippen LogP contribution in [0.3, 0.4) is 0 Å². The normalized spacial score (nSPS) is 10.1. The zero-order valence-corrected chi connectivity index (χ0v) is 11.8. The van der Waals surface area contributed by atoms with Crippen molar-refractivity contribution in [2.24, 2.45) is 5.73 Å². The molecule has 0 unspecified atom stereocenters. The summed E-state index contributed by atoms with van der Waals surface area (Å²) in [7, 11) is 0. The number of thioether (sulfide) groups is 1. The third-order valence-corrected chi connectivity index (χ3v) is 2.68. The van der Waals surface area contributed by atoms with Gasteiger partial charge in [-0.05, 0) is 6.26 Å². The van der Waals surface area contributed by atoms with E-state index in [0.717, 1.165) is 0 Å². The minimum absolute atomic E-state index is 0.110. The van der Waals surface area contributed by atoms with Crippen LogP contribution in [0.15, 0.2) is 11.4 Å². The van der Waals surface area contributed by atoms with E-state index in [1.807, 2.05) is 6.26 Å². The molecule has 0 radical (unpaired) electrons. The molecule has 0 aliphatic rings. The molecule has 0 aliphatic heterocycles. The summed E-state index contributed by atoms with van der Waals surface area (Å²) in [5.41, 5.74) is 5.18. The lowest BCUT2D eigenvalue weighted by molar-refractivity contribution is 0.0814. The van der Waals surface area contributed by atoms with Gasteiger partial charge in [-0.25, -0.2) is 14.8 Å². The first-order chi connectivity index (χ1) is 9.67. The van der Waals surface area contributed by atoms with Crippen LogP contribution in [0.5, 0.6) is 0 Å². The minimum atomic E-state index is -0.826. The van der Waals surface area contributed by atoms with Crippen molar-refractivity contribution in [2.45, 2.75) is 5.16 Å². The highest BCUT2D eigenvalue weighted by Gasteiger charge is 2.05. The van der Waals surface area contributed by atoms with Crippen LogP contribution in [-0.2, 0) is 9.47 Å². The third-order valence-electron chi connectivity index (χ3n) is 2.12. The smallest absolute Gasteiger partial charge is 0.404 e. The number of hydrogen-bond donors (Lipinski definition) is 2. The first-order valence-electron chi connectivity index (χ1n) is 5.77. The lowest BCUT2D eigenvalue weighted by Crippen LogP contribution is -2.18. The van der Waals surface area contributed by atoms with Crippen LogP contribution in [0.4, 0.5) is 10.6 Å². The molecule has 1 aromatic rings. The molecule has 0 saturated heterocycles. The van der Waals surface area contributed by atoms with Crippen molar-refractivity contribution in [2.75, 3.05) is 37.9 Å². The van der Waals surface area contributed by atoms with Crippen molar-refractivity contribution in [3.05, 3.63) is 11.8 Å². The van der Waals surface area contributed by atoms with Gasteiger partial charge in [0.15, 0.2) is 11.4 Å². The van der Waals surface area contributed by atoms with Gasteiger partial charge in [0.25, 0.3) is 0 Å². The van der Waals surface area contributed by atoms with E-state index in [2.05, 4.69) is 20.0 Å². The fraction of sp³-hybridized carbons (Fsp3) is 0.455. The highest BCUT2D eigenvalue weighted by Crippen LogP contribution is 2.14. The number of aldehydes is 1. The van der Waals surface area contributed by atoms with Crippen molar-refractivity contribution in [1.29, 1.82) is 0 Å². The Morgan fingerprint density at radius 2 is 2.30 bits per heavy atom. The standard InChI is InChI=1S/C11H16N4O4S/c1-20-11-14-6-8(7-16)9(15-11)13-2-3-18-4-5-19-10(12)17/h6-7H,2-5H2,1H3,(H2,12,17)(H,13,14,15). The van der Waals surface area contributed by atoms with Gasteiger partial charge in [-0.3, -0.25) is 4.79 Å². The maximum Gasteiger partial charge on any atom is 0.404 e. The number of anilines is 1. The molecule has 3 N–H and O–H groups in total. The number of carbonyl (C=O) groups excluding carboxylic acids is 2. The van der Waals surface area contributed by atoms with Crippen LogP contribution in [0.25, 0.3) is 0 Å². The van der Waals surface area contributed by atoms with Crippen molar-refractivity contribution in [3.63, 3.8) is 0 Å². The lowest BCUT2D eigenvalue weighted by Gasteiger charge is -2.09. The Morgan fingerprint density at radius 3 is 2.95 bits per heavy atom. The Hall–Kier alpha value is -1.87. The summed E-state index contributed by atoms with van der Waals surface area (Å²) in [4.78, 5) is 29.3. The van der Waals surface area contributed by atoms with Gasteiger partial charge in [-0.2, -0.15) is 0 Å². The topological polar surface area (TPSA) is 116 Å². The molecular formula is C11H16N4O4S. The molecule has 1 aromatic heterocycles. The average molecular weight is 300 g/mol. The number of primary amides is 1. The fourth-order valence-corrected chi connectivity index (χ4v) is 1.59. The number of rotatable bonds is 9. The largest absolute Gasteiger partial charge is 0.447 e. The Labute approximate surface area is 120 Å². The van der Waals surface area contributed by atoms with E-state index < -0.39 is 6.09 Å². The summed E-state index contributed by atoms with van der Waals surface area (Å²) in [5, 5.41) is 3.56.